The summed E-state index contributed by atoms with van der Waals surface area (Å²) >= 11 is 0. The smallest absolute Gasteiger partial charge is 0.308 e. The van der Waals surface area contributed by atoms with Gasteiger partial charge in [-0.15, -0.1) is 0 Å². The molecule has 0 aromatic rings. The molecule has 0 aromatic carbocycles. The summed E-state index contributed by atoms with van der Waals surface area (Å²) < 4.78 is 0. The van der Waals surface area contributed by atoms with Crippen LogP contribution in [0.3, 0.4) is 0 Å². The van der Waals surface area contributed by atoms with Gasteiger partial charge in [0.25, 0.3) is 0 Å². The fraction of sp³-hybridized carbons (Fsp3) is 0.833. The maximum Gasteiger partial charge on any atom is 0.308 e. The third-order valence-corrected chi connectivity index (χ3v) is 2.71. The summed E-state index contributed by atoms with van der Waals surface area (Å²) in [6.45, 7) is 4.12. The third-order valence-electron chi connectivity index (χ3n) is 2.71. The van der Waals surface area contributed by atoms with Crippen LogP contribution in [-0.2, 0) is 9.59 Å². The van der Waals surface area contributed by atoms with Crippen molar-refractivity contribution in [1.29, 1.82) is 0 Å². The molecule has 0 radical (unpaired) electrons. The molecule has 0 aliphatic carbocycles. The molecule has 5 heteroatoms. The van der Waals surface area contributed by atoms with Crippen molar-refractivity contribution in [3.8, 4) is 0 Å². The van der Waals surface area contributed by atoms with Gasteiger partial charge in [-0.05, 0) is 12.8 Å². The first kappa shape index (κ1) is 15.9. The summed E-state index contributed by atoms with van der Waals surface area (Å²) in [6, 6.07) is -0.522. The van der Waals surface area contributed by atoms with Crippen molar-refractivity contribution in [2.45, 2.75) is 52.0 Å². The molecular weight excluding hydrogens is 220 g/mol. The minimum atomic E-state index is -0.866. The van der Waals surface area contributed by atoms with Crippen LogP contribution in [0.4, 0.5) is 0 Å². The first-order chi connectivity index (χ1) is 8.02. The monoisotopic (exact) mass is 244 g/mol. The molecule has 0 heterocycles. The average molecular weight is 244 g/mol. The Bertz CT molecular complexity index is 244. The van der Waals surface area contributed by atoms with Gasteiger partial charge in [-0.1, -0.05) is 33.1 Å². The zero-order chi connectivity index (χ0) is 13.3. The van der Waals surface area contributed by atoms with Crippen LogP contribution in [0.2, 0.25) is 0 Å². The Morgan fingerprint density at radius 2 is 1.88 bits per heavy atom. The number of carboxylic acid groups (broad SMARTS) is 1. The quantitative estimate of drug-likeness (QED) is 0.566. The number of hydrogen-bond donors (Lipinski definition) is 3. The van der Waals surface area contributed by atoms with Gasteiger partial charge in [0.05, 0.1) is 12.0 Å². The predicted molar refractivity (Wildman–Crippen MR) is 66.5 cm³/mol. The number of unbranched alkanes of at least 4 members (excludes halogenated alkanes) is 1. The van der Waals surface area contributed by atoms with Gasteiger partial charge in [-0.3, -0.25) is 9.59 Å². The summed E-state index contributed by atoms with van der Waals surface area (Å²) in [5, 5.41) is 11.5. The lowest BCUT2D eigenvalue weighted by Crippen LogP contribution is -2.43. The van der Waals surface area contributed by atoms with Gasteiger partial charge in [-0.25, -0.2) is 0 Å². The molecule has 0 bridgehead atoms. The summed E-state index contributed by atoms with van der Waals surface area (Å²) in [5.74, 6) is -1.63. The molecule has 4 N–H and O–H groups in total. The number of carbonyl (C=O) groups excluding carboxylic acids is 1. The van der Waals surface area contributed by atoms with Gasteiger partial charge >= 0.3 is 5.97 Å². The normalized spacial score (nSPS) is 14.1. The fourth-order valence-corrected chi connectivity index (χ4v) is 1.57. The topological polar surface area (TPSA) is 92.4 Å². The van der Waals surface area contributed by atoms with Crippen LogP contribution in [-0.4, -0.2) is 29.6 Å². The van der Waals surface area contributed by atoms with Crippen LogP contribution in [0.1, 0.15) is 46.0 Å². The lowest BCUT2D eigenvalue weighted by atomic mass is 10.0. The Hall–Kier alpha value is -1.10. The molecule has 0 aromatic heterocycles. The number of rotatable bonds is 9. The number of carbonyl (C=O) groups is 2. The molecule has 17 heavy (non-hydrogen) atoms. The van der Waals surface area contributed by atoms with E-state index in [0.717, 1.165) is 19.3 Å². The average Bonchev–Trinajstić information content (AvgIpc) is 2.30. The van der Waals surface area contributed by atoms with Crippen LogP contribution in [0.15, 0.2) is 0 Å². The number of hydrogen-bond acceptors (Lipinski definition) is 3. The van der Waals surface area contributed by atoms with Crippen molar-refractivity contribution in [3.63, 3.8) is 0 Å². The number of carboxylic acids is 1. The van der Waals surface area contributed by atoms with Gasteiger partial charge in [0.15, 0.2) is 0 Å². The van der Waals surface area contributed by atoms with E-state index in [2.05, 4.69) is 5.32 Å². The molecule has 0 saturated heterocycles. The fourth-order valence-electron chi connectivity index (χ4n) is 1.57. The molecule has 0 aliphatic heterocycles. The van der Waals surface area contributed by atoms with E-state index in [-0.39, 0.29) is 12.5 Å². The molecule has 1 unspecified atom stereocenters. The first-order valence-electron chi connectivity index (χ1n) is 6.29. The van der Waals surface area contributed by atoms with Crippen LogP contribution in [0.25, 0.3) is 0 Å². The lowest BCUT2D eigenvalue weighted by Gasteiger charge is -2.15. The van der Waals surface area contributed by atoms with Gasteiger partial charge in [0, 0.05) is 6.54 Å². The predicted octanol–water partition coefficient (Wildman–Crippen LogP) is 1.12. The molecule has 0 rings (SSSR count). The highest BCUT2D eigenvalue weighted by Gasteiger charge is 2.19. The second-order valence-corrected chi connectivity index (χ2v) is 4.32. The number of nitrogens with two attached hydrogens (primary N) is 1. The zero-order valence-corrected chi connectivity index (χ0v) is 10.7. The highest BCUT2D eigenvalue weighted by molar-refractivity contribution is 5.82. The third kappa shape index (κ3) is 6.94. The summed E-state index contributed by atoms with van der Waals surface area (Å²) in [7, 11) is 0. The largest absolute Gasteiger partial charge is 0.481 e. The van der Waals surface area contributed by atoms with Crippen LogP contribution in [0.5, 0.6) is 0 Å². The number of amides is 1. The second kappa shape index (κ2) is 8.98. The van der Waals surface area contributed by atoms with Crippen molar-refractivity contribution in [2.75, 3.05) is 6.54 Å². The Kier molecular flexibility index (Phi) is 8.40. The Balaban J connectivity index is 3.98. The van der Waals surface area contributed by atoms with Crippen molar-refractivity contribution in [2.24, 2.45) is 11.7 Å². The number of aliphatic carboxylic acids is 1. The Morgan fingerprint density at radius 1 is 1.24 bits per heavy atom. The molecule has 0 fully saturated rings. The van der Waals surface area contributed by atoms with E-state index in [9.17, 15) is 9.59 Å². The molecule has 5 nitrogen and oxygen atoms in total. The van der Waals surface area contributed by atoms with E-state index < -0.39 is 17.9 Å². The van der Waals surface area contributed by atoms with Crippen molar-refractivity contribution < 1.29 is 14.7 Å². The SMILES string of the molecule is CCCC[C@H](N)C(=O)NCC(CCC)C(=O)O. The van der Waals surface area contributed by atoms with Gasteiger partial charge in [-0.2, -0.15) is 0 Å². The van der Waals surface area contributed by atoms with E-state index >= 15 is 0 Å². The molecule has 2 atom stereocenters. The van der Waals surface area contributed by atoms with Crippen LogP contribution >= 0.6 is 0 Å². The molecule has 0 spiro atoms. The zero-order valence-electron chi connectivity index (χ0n) is 10.7. The van der Waals surface area contributed by atoms with E-state index in [0.29, 0.717) is 12.8 Å². The van der Waals surface area contributed by atoms with E-state index in [1.54, 1.807) is 0 Å². The second-order valence-electron chi connectivity index (χ2n) is 4.32. The Morgan fingerprint density at radius 3 is 2.35 bits per heavy atom. The maximum absolute atomic E-state index is 11.6. The first-order valence-corrected chi connectivity index (χ1v) is 6.29. The van der Waals surface area contributed by atoms with E-state index in [1.165, 1.54) is 0 Å². The van der Waals surface area contributed by atoms with E-state index in [1.807, 2.05) is 13.8 Å². The molecular formula is C12H24N2O3. The minimum Gasteiger partial charge on any atom is -0.481 e. The molecule has 0 saturated carbocycles. The lowest BCUT2D eigenvalue weighted by molar-refractivity contribution is -0.142. The van der Waals surface area contributed by atoms with Gasteiger partial charge in [0.1, 0.15) is 0 Å². The van der Waals surface area contributed by atoms with Crippen molar-refractivity contribution >= 4 is 11.9 Å². The van der Waals surface area contributed by atoms with Crippen molar-refractivity contribution in [3.05, 3.63) is 0 Å². The summed E-state index contributed by atoms with van der Waals surface area (Å²) in [5.41, 5.74) is 5.68. The van der Waals surface area contributed by atoms with Gasteiger partial charge in [0.2, 0.25) is 5.91 Å². The summed E-state index contributed by atoms with van der Waals surface area (Å²) in [6.07, 6.45) is 3.91. The standard InChI is InChI=1S/C12H24N2O3/c1-3-5-7-10(13)11(15)14-8-9(6-4-2)12(16)17/h9-10H,3-8,13H2,1-2H3,(H,14,15)(H,16,17)/t9?,10-/m0/s1. The molecule has 1 amide bonds. The highest BCUT2D eigenvalue weighted by Crippen LogP contribution is 2.05. The molecule has 100 valence electrons. The Labute approximate surface area is 103 Å². The van der Waals surface area contributed by atoms with Gasteiger partial charge < -0.3 is 16.2 Å². The van der Waals surface area contributed by atoms with Crippen molar-refractivity contribution in [1.82, 2.24) is 5.32 Å². The summed E-state index contributed by atoms with van der Waals surface area (Å²) in [4.78, 5) is 22.4. The van der Waals surface area contributed by atoms with E-state index in [4.69, 9.17) is 10.8 Å². The molecule has 0 aliphatic rings. The number of nitrogens with one attached hydrogen (secondary N) is 1. The maximum atomic E-state index is 11.6. The van der Waals surface area contributed by atoms with Crippen LogP contribution in [0, 0.1) is 5.92 Å². The van der Waals surface area contributed by atoms with Crippen LogP contribution < -0.4 is 11.1 Å². The minimum absolute atomic E-state index is 0.168. The highest BCUT2D eigenvalue weighted by atomic mass is 16.4.